The van der Waals surface area contributed by atoms with Crippen LogP contribution in [0.25, 0.3) is 0 Å². The van der Waals surface area contributed by atoms with Crippen molar-refractivity contribution < 1.29 is 24.5 Å². The zero-order valence-corrected chi connectivity index (χ0v) is 18.4. The molecule has 4 atom stereocenters. The van der Waals surface area contributed by atoms with Gasteiger partial charge >= 0.3 is 0 Å². The highest BCUT2D eigenvalue weighted by molar-refractivity contribution is 5.90. The van der Waals surface area contributed by atoms with E-state index in [4.69, 9.17) is 14.2 Å². The Balaban J connectivity index is 1.55. The molecule has 0 bridgehead atoms. The Kier molecular flexibility index (Phi) is 8.22. The second-order valence-electron chi connectivity index (χ2n) is 8.10. The molecule has 0 aliphatic heterocycles. The number of nitrogens with zero attached hydrogens (tertiary/aromatic N) is 1. The summed E-state index contributed by atoms with van der Waals surface area (Å²) in [6.07, 6.45) is -2.73. The third kappa shape index (κ3) is 6.27. The lowest BCUT2D eigenvalue weighted by molar-refractivity contribution is -0.174. The van der Waals surface area contributed by atoms with Gasteiger partial charge in [0.25, 0.3) is 0 Å². The van der Waals surface area contributed by atoms with E-state index in [1.165, 1.54) is 0 Å². The van der Waals surface area contributed by atoms with Crippen LogP contribution in [0.1, 0.15) is 23.1 Å². The summed E-state index contributed by atoms with van der Waals surface area (Å²) in [5.74, 6) is 0. The molecule has 33 heavy (non-hydrogen) atoms. The molecule has 0 aromatic heterocycles. The standard InChI is InChI=1S/C27H29NO5/c29-24-16-23(28-30)25(31-17-20-10-4-1-5-11-20)27(33-19-22-14-8-3-9-15-22)26(24)32-18-21-12-6-2-7-13-21/h1-15,24-27,29-30H,16-19H2/b28-23+/t24-,25+,26-,27-/m0/s1. The summed E-state index contributed by atoms with van der Waals surface area (Å²) in [7, 11) is 0. The molecular formula is C27H29NO5. The summed E-state index contributed by atoms with van der Waals surface area (Å²) >= 11 is 0. The molecule has 1 aliphatic rings. The van der Waals surface area contributed by atoms with Crippen LogP contribution in [0.3, 0.4) is 0 Å². The maximum Gasteiger partial charge on any atom is 0.128 e. The molecule has 3 aromatic rings. The monoisotopic (exact) mass is 447 g/mol. The van der Waals surface area contributed by atoms with Gasteiger partial charge in [0.05, 0.1) is 31.6 Å². The minimum atomic E-state index is -0.892. The van der Waals surface area contributed by atoms with Crippen molar-refractivity contribution in [1.82, 2.24) is 0 Å². The van der Waals surface area contributed by atoms with Crippen LogP contribution in [0, 0.1) is 0 Å². The smallest absolute Gasteiger partial charge is 0.128 e. The third-order valence-electron chi connectivity index (χ3n) is 5.72. The fraction of sp³-hybridized carbons (Fsp3) is 0.296. The molecule has 0 heterocycles. The number of aliphatic hydroxyl groups excluding tert-OH is 1. The second-order valence-corrected chi connectivity index (χ2v) is 8.10. The average molecular weight is 448 g/mol. The Morgan fingerprint density at radius 2 is 1.06 bits per heavy atom. The maximum absolute atomic E-state index is 10.9. The highest BCUT2D eigenvalue weighted by Crippen LogP contribution is 2.28. The molecule has 4 rings (SSSR count). The summed E-state index contributed by atoms with van der Waals surface area (Å²) in [6, 6.07) is 29.3. The Morgan fingerprint density at radius 3 is 1.52 bits per heavy atom. The van der Waals surface area contributed by atoms with Crippen molar-refractivity contribution in [3.8, 4) is 0 Å². The SMILES string of the molecule is O/N=C1\C[C@H](O)[C@H](OCc2ccccc2)[C@@H](OCc2ccccc2)[C@@H]1OCc1ccccc1. The van der Waals surface area contributed by atoms with Crippen molar-refractivity contribution in [1.29, 1.82) is 0 Å². The van der Waals surface area contributed by atoms with Crippen molar-refractivity contribution >= 4 is 5.71 Å². The predicted molar refractivity (Wildman–Crippen MR) is 125 cm³/mol. The number of aliphatic hydroxyl groups is 1. The van der Waals surface area contributed by atoms with Gasteiger partial charge in [0, 0.05) is 6.42 Å². The molecule has 6 heteroatoms. The van der Waals surface area contributed by atoms with Crippen molar-refractivity contribution in [2.75, 3.05) is 0 Å². The van der Waals surface area contributed by atoms with E-state index in [2.05, 4.69) is 5.16 Å². The van der Waals surface area contributed by atoms with Crippen LogP contribution < -0.4 is 0 Å². The first-order chi connectivity index (χ1) is 16.2. The lowest BCUT2D eigenvalue weighted by Gasteiger charge is -2.40. The predicted octanol–water partition coefficient (Wildman–Crippen LogP) is 4.34. The van der Waals surface area contributed by atoms with E-state index in [1.54, 1.807) is 0 Å². The van der Waals surface area contributed by atoms with Crippen LogP contribution in [0.2, 0.25) is 0 Å². The first-order valence-electron chi connectivity index (χ1n) is 11.1. The lowest BCUT2D eigenvalue weighted by atomic mass is 9.87. The number of oxime groups is 1. The maximum atomic E-state index is 10.9. The average Bonchev–Trinajstić information content (AvgIpc) is 2.87. The van der Waals surface area contributed by atoms with Crippen LogP contribution in [-0.2, 0) is 34.0 Å². The minimum Gasteiger partial charge on any atom is -0.411 e. The van der Waals surface area contributed by atoms with Crippen LogP contribution >= 0.6 is 0 Å². The number of ether oxygens (including phenoxy) is 3. The molecule has 3 aromatic carbocycles. The van der Waals surface area contributed by atoms with E-state index >= 15 is 0 Å². The van der Waals surface area contributed by atoms with Crippen molar-refractivity contribution in [2.24, 2.45) is 5.16 Å². The van der Waals surface area contributed by atoms with Crippen molar-refractivity contribution in [3.63, 3.8) is 0 Å². The largest absolute Gasteiger partial charge is 0.411 e. The normalized spacial score (nSPS) is 24.1. The van der Waals surface area contributed by atoms with Gasteiger partial charge in [-0.3, -0.25) is 0 Å². The van der Waals surface area contributed by atoms with E-state index < -0.39 is 24.4 Å². The molecule has 0 spiro atoms. The zero-order chi connectivity index (χ0) is 22.9. The Hall–Kier alpha value is -3.03. The first kappa shape index (κ1) is 23.1. The summed E-state index contributed by atoms with van der Waals surface area (Å²) in [5.41, 5.74) is 3.32. The van der Waals surface area contributed by atoms with Gasteiger partial charge in [0.15, 0.2) is 0 Å². The van der Waals surface area contributed by atoms with Crippen LogP contribution in [0.5, 0.6) is 0 Å². The number of hydrogen-bond donors (Lipinski definition) is 2. The molecule has 0 amide bonds. The molecule has 172 valence electrons. The van der Waals surface area contributed by atoms with Gasteiger partial charge in [-0.05, 0) is 16.7 Å². The molecule has 1 aliphatic carbocycles. The number of hydrogen-bond acceptors (Lipinski definition) is 6. The minimum absolute atomic E-state index is 0.139. The van der Waals surface area contributed by atoms with Crippen molar-refractivity contribution in [2.45, 2.75) is 50.7 Å². The molecule has 0 saturated heterocycles. The topological polar surface area (TPSA) is 80.5 Å². The Labute approximate surface area is 194 Å². The van der Waals surface area contributed by atoms with E-state index in [1.807, 2.05) is 91.0 Å². The summed E-state index contributed by atoms with van der Waals surface area (Å²) in [4.78, 5) is 0. The van der Waals surface area contributed by atoms with Gasteiger partial charge in [-0.25, -0.2) is 0 Å². The number of rotatable bonds is 9. The van der Waals surface area contributed by atoms with Gasteiger partial charge in [0.2, 0.25) is 0 Å². The van der Waals surface area contributed by atoms with Gasteiger partial charge in [-0.15, -0.1) is 0 Å². The fourth-order valence-electron chi connectivity index (χ4n) is 4.00. The molecule has 6 nitrogen and oxygen atoms in total. The van der Waals surface area contributed by atoms with Gasteiger partial charge in [0.1, 0.15) is 18.3 Å². The lowest BCUT2D eigenvalue weighted by Crippen LogP contribution is -2.57. The molecular weight excluding hydrogens is 418 g/mol. The van der Waals surface area contributed by atoms with E-state index in [-0.39, 0.29) is 6.42 Å². The van der Waals surface area contributed by atoms with Gasteiger partial charge in [-0.2, -0.15) is 0 Å². The van der Waals surface area contributed by atoms with Crippen molar-refractivity contribution in [3.05, 3.63) is 108 Å². The highest BCUT2D eigenvalue weighted by Gasteiger charge is 2.45. The Morgan fingerprint density at radius 1 is 0.636 bits per heavy atom. The second kappa shape index (κ2) is 11.7. The van der Waals surface area contributed by atoms with E-state index in [9.17, 15) is 10.3 Å². The fourth-order valence-corrected chi connectivity index (χ4v) is 4.00. The summed E-state index contributed by atoms with van der Waals surface area (Å²) in [5, 5.41) is 24.0. The molecule has 0 radical (unpaired) electrons. The Bertz CT molecular complexity index is 997. The molecule has 1 fully saturated rings. The summed E-state index contributed by atoms with van der Waals surface area (Å²) < 4.78 is 18.6. The first-order valence-corrected chi connectivity index (χ1v) is 11.1. The van der Waals surface area contributed by atoms with Gasteiger partial charge < -0.3 is 24.5 Å². The third-order valence-corrected chi connectivity index (χ3v) is 5.72. The highest BCUT2D eigenvalue weighted by atomic mass is 16.6. The molecule has 0 unspecified atom stereocenters. The number of benzene rings is 3. The van der Waals surface area contributed by atoms with Crippen LogP contribution in [-0.4, -0.2) is 40.4 Å². The van der Waals surface area contributed by atoms with E-state index in [0.29, 0.717) is 25.5 Å². The van der Waals surface area contributed by atoms with Crippen LogP contribution in [0.15, 0.2) is 96.2 Å². The zero-order valence-electron chi connectivity index (χ0n) is 18.4. The van der Waals surface area contributed by atoms with Gasteiger partial charge in [-0.1, -0.05) is 96.2 Å². The summed E-state index contributed by atoms with van der Waals surface area (Å²) in [6.45, 7) is 0.954. The quantitative estimate of drug-likeness (QED) is 0.377. The van der Waals surface area contributed by atoms with E-state index in [0.717, 1.165) is 16.7 Å². The van der Waals surface area contributed by atoms with Crippen LogP contribution in [0.4, 0.5) is 0 Å². The molecule has 1 saturated carbocycles. The molecule has 2 N–H and O–H groups in total.